The number of benzene rings is 1. The van der Waals surface area contributed by atoms with Crippen LogP contribution >= 0.6 is 12.2 Å². The van der Waals surface area contributed by atoms with Gasteiger partial charge in [0, 0.05) is 19.5 Å². The average molecular weight is 406 g/mol. The van der Waals surface area contributed by atoms with Gasteiger partial charge in [-0.05, 0) is 42.8 Å². The predicted molar refractivity (Wildman–Crippen MR) is 104 cm³/mol. The van der Waals surface area contributed by atoms with Crippen molar-refractivity contribution >= 4 is 35.1 Å². The van der Waals surface area contributed by atoms with Crippen LogP contribution in [-0.2, 0) is 20.9 Å². The molecule has 2 fully saturated rings. The number of fused-ring (bicyclic) bond motifs is 1. The quantitative estimate of drug-likeness (QED) is 0.389. The van der Waals surface area contributed by atoms with Crippen LogP contribution in [0.1, 0.15) is 37.7 Å². The van der Waals surface area contributed by atoms with E-state index < -0.39 is 0 Å². The van der Waals surface area contributed by atoms with E-state index in [1.54, 1.807) is 12.1 Å². The van der Waals surface area contributed by atoms with Crippen LogP contribution in [0, 0.1) is 17.7 Å². The summed E-state index contributed by atoms with van der Waals surface area (Å²) in [6.45, 7) is 0.454. The Labute approximate surface area is 168 Å². The molecular formula is C19H23FN4O3S. The van der Waals surface area contributed by atoms with Crippen molar-refractivity contribution in [2.24, 2.45) is 11.8 Å². The number of amides is 3. The van der Waals surface area contributed by atoms with Crippen LogP contribution in [0.5, 0.6) is 0 Å². The van der Waals surface area contributed by atoms with Gasteiger partial charge in [0.2, 0.25) is 17.7 Å². The van der Waals surface area contributed by atoms with Crippen molar-refractivity contribution in [2.75, 3.05) is 6.54 Å². The van der Waals surface area contributed by atoms with Gasteiger partial charge in [0.25, 0.3) is 0 Å². The van der Waals surface area contributed by atoms with Crippen LogP contribution in [0.4, 0.5) is 4.39 Å². The van der Waals surface area contributed by atoms with Gasteiger partial charge in [-0.3, -0.25) is 30.1 Å². The first-order chi connectivity index (χ1) is 13.5. The molecule has 1 aromatic carbocycles. The molecule has 1 saturated heterocycles. The van der Waals surface area contributed by atoms with Crippen LogP contribution in [0.25, 0.3) is 0 Å². The van der Waals surface area contributed by atoms with E-state index in [-0.39, 0.29) is 53.5 Å². The van der Waals surface area contributed by atoms with E-state index in [0.29, 0.717) is 6.54 Å². The van der Waals surface area contributed by atoms with Crippen molar-refractivity contribution in [1.29, 1.82) is 0 Å². The number of halogens is 1. The second kappa shape index (κ2) is 9.09. The molecule has 150 valence electrons. The molecule has 7 nitrogen and oxygen atoms in total. The Balaban J connectivity index is 1.37. The molecule has 1 aromatic rings. The predicted octanol–water partition coefficient (Wildman–Crippen LogP) is 1.39. The summed E-state index contributed by atoms with van der Waals surface area (Å²) < 4.78 is 12.9. The molecule has 0 bridgehead atoms. The smallest absolute Gasteiger partial charge is 0.240 e. The van der Waals surface area contributed by atoms with E-state index in [2.05, 4.69) is 16.2 Å². The van der Waals surface area contributed by atoms with Gasteiger partial charge >= 0.3 is 0 Å². The SMILES string of the molecule is O=C(CCN1C(=O)[C@H]2CCCC[C@@H]2C1=O)NNC(=S)NCc1ccc(F)cc1. The summed E-state index contributed by atoms with van der Waals surface area (Å²) in [7, 11) is 0. The Hall–Kier alpha value is -2.55. The minimum atomic E-state index is -0.374. The fourth-order valence-electron chi connectivity index (χ4n) is 3.68. The highest BCUT2D eigenvalue weighted by Gasteiger charge is 2.47. The van der Waals surface area contributed by atoms with Crippen molar-refractivity contribution in [2.45, 2.75) is 38.6 Å². The van der Waals surface area contributed by atoms with Crippen LogP contribution < -0.4 is 16.2 Å². The lowest BCUT2D eigenvalue weighted by atomic mass is 9.81. The van der Waals surface area contributed by atoms with Crippen LogP contribution in [0.15, 0.2) is 24.3 Å². The third-order valence-electron chi connectivity index (χ3n) is 5.18. The number of hydrogen-bond donors (Lipinski definition) is 3. The van der Waals surface area contributed by atoms with Gasteiger partial charge in [-0.15, -0.1) is 0 Å². The molecular weight excluding hydrogens is 383 g/mol. The third-order valence-corrected chi connectivity index (χ3v) is 5.42. The Morgan fingerprint density at radius 2 is 1.68 bits per heavy atom. The lowest BCUT2D eigenvalue weighted by Gasteiger charge is -2.19. The zero-order chi connectivity index (χ0) is 20.1. The maximum absolute atomic E-state index is 12.9. The molecule has 3 amide bonds. The Morgan fingerprint density at radius 3 is 2.29 bits per heavy atom. The first kappa shape index (κ1) is 20.2. The molecule has 1 heterocycles. The van der Waals surface area contributed by atoms with Crippen LogP contribution in [0.2, 0.25) is 0 Å². The Bertz CT molecular complexity index is 747. The minimum absolute atomic E-state index is 0.00446. The van der Waals surface area contributed by atoms with Crippen molar-refractivity contribution in [3.05, 3.63) is 35.6 Å². The largest absolute Gasteiger partial charge is 0.357 e. The zero-order valence-electron chi connectivity index (χ0n) is 15.4. The van der Waals surface area contributed by atoms with Gasteiger partial charge in [-0.25, -0.2) is 4.39 Å². The molecule has 2 atom stereocenters. The fraction of sp³-hybridized carbons (Fsp3) is 0.474. The summed E-state index contributed by atoms with van der Waals surface area (Å²) in [5, 5.41) is 3.09. The second-order valence-electron chi connectivity index (χ2n) is 7.06. The van der Waals surface area contributed by atoms with E-state index in [1.165, 1.54) is 17.0 Å². The maximum atomic E-state index is 12.9. The second-order valence-corrected chi connectivity index (χ2v) is 7.47. The molecule has 1 aliphatic carbocycles. The molecule has 0 spiro atoms. The molecule has 0 aromatic heterocycles. The number of carbonyl (C=O) groups excluding carboxylic acids is 3. The van der Waals surface area contributed by atoms with Gasteiger partial charge in [-0.2, -0.15) is 0 Å². The summed E-state index contributed by atoms with van der Waals surface area (Å²) in [4.78, 5) is 38.0. The lowest BCUT2D eigenvalue weighted by molar-refractivity contribution is -0.140. The van der Waals surface area contributed by atoms with Crippen molar-refractivity contribution in [3.8, 4) is 0 Å². The molecule has 3 rings (SSSR count). The van der Waals surface area contributed by atoms with E-state index in [1.807, 2.05) is 0 Å². The normalized spacial score (nSPS) is 21.2. The highest BCUT2D eigenvalue weighted by molar-refractivity contribution is 7.80. The molecule has 0 radical (unpaired) electrons. The van der Waals surface area contributed by atoms with Gasteiger partial charge in [0.1, 0.15) is 5.82 Å². The number of hydrazine groups is 1. The third kappa shape index (κ3) is 4.83. The fourth-order valence-corrected chi connectivity index (χ4v) is 3.81. The monoisotopic (exact) mass is 406 g/mol. The number of imide groups is 1. The van der Waals surface area contributed by atoms with Gasteiger partial charge < -0.3 is 5.32 Å². The highest BCUT2D eigenvalue weighted by atomic mass is 32.1. The van der Waals surface area contributed by atoms with Gasteiger partial charge in [-0.1, -0.05) is 25.0 Å². The first-order valence-electron chi connectivity index (χ1n) is 9.38. The summed E-state index contributed by atoms with van der Waals surface area (Å²) >= 11 is 5.07. The summed E-state index contributed by atoms with van der Waals surface area (Å²) in [5.41, 5.74) is 5.85. The lowest BCUT2D eigenvalue weighted by Crippen LogP contribution is -2.47. The van der Waals surface area contributed by atoms with Gasteiger partial charge in [0.05, 0.1) is 11.8 Å². The molecule has 9 heteroatoms. The zero-order valence-corrected chi connectivity index (χ0v) is 16.2. The Kier molecular flexibility index (Phi) is 6.56. The van der Waals surface area contributed by atoms with E-state index >= 15 is 0 Å². The standard InChI is InChI=1S/C19H23FN4O3S/c20-13-7-5-12(6-8-13)11-21-19(28)23-22-16(25)9-10-24-17(26)14-3-1-2-4-15(14)18(24)27/h5-8,14-15H,1-4,9-11H2,(H,22,25)(H2,21,23,28)/t14-,15-/m0/s1. The molecule has 1 aliphatic heterocycles. The molecule has 2 aliphatic rings. The summed E-state index contributed by atoms with van der Waals surface area (Å²) in [6, 6.07) is 5.97. The number of thiocarbonyl (C=S) groups is 1. The van der Waals surface area contributed by atoms with Crippen LogP contribution in [0.3, 0.4) is 0 Å². The average Bonchev–Trinajstić information content (AvgIpc) is 2.95. The molecule has 28 heavy (non-hydrogen) atoms. The number of nitrogens with one attached hydrogen (secondary N) is 3. The van der Waals surface area contributed by atoms with Crippen molar-refractivity contribution < 1.29 is 18.8 Å². The maximum Gasteiger partial charge on any atom is 0.240 e. The molecule has 1 saturated carbocycles. The number of carbonyl (C=O) groups is 3. The van der Waals surface area contributed by atoms with E-state index in [9.17, 15) is 18.8 Å². The number of nitrogens with zero attached hydrogens (tertiary/aromatic N) is 1. The van der Waals surface area contributed by atoms with Crippen molar-refractivity contribution in [1.82, 2.24) is 21.1 Å². The molecule has 0 unspecified atom stereocenters. The summed E-state index contributed by atoms with van der Waals surface area (Å²) in [5.74, 6) is -1.39. The molecule has 3 N–H and O–H groups in total. The first-order valence-corrected chi connectivity index (χ1v) is 9.79. The summed E-state index contributed by atoms with van der Waals surface area (Å²) in [6.07, 6.45) is 3.47. The number of rotatable bonds is 5. The van der Waals surface area contributed by atoms with Crippen molar-refractivity contribution in [3.63, 3.8) is 0 Å². The Morgan fingerprint density at radius 1 is 1.07 bits per heavy atom. The van der Waals surface area contributed by atoms with E-state index in [0.717, 1.165) is 31.2 Å². The number of hydrogen-bond acceptors (Lipinski definition) is 4. The van der Waals surface area contributed by atoms with E-state index in [4.69, 9.17) is 12.2 Å². The minimum Gasteiger partial charge on any atom is -0.357 e. The highest BCUT2D eigenvalue weighted by Crippen LogP contribution is 2.37. The number of likely N-dealkylation sites (tertiary alicyclic amines) is 1. The topological polar surface area (TPSA) is 90.5 Å². The van der Waals surface area contributed by atoms with Gasteiger partial charge in [0.15, 0.2) is 5.11 Å². The van der Waals surface area contributed by atoms with Crippen LogP contribution in [-0.4, -0.2) is 34.3 Å².